The molecule has 1 aromatic heterocycles. The molecule has 2 rings (SSSR count). The number of nitrogens with zero attached hydrogens (tertiary/aromatic N) is 2. The quantitative estimate of drug-likeness (QED) is 0.841. The normalized spacial score (nSPS) is 18.8. The van der Waals surface area contributed by atoms with Gasteiger partial charge in [-0.3, -0.25) is 0 Å². The fraction of sp³-hybridized carbons (Fsp3) is 0.688. The molecule has 2 atom stereocenters. The van der Waals surface area contributed by atoms with Gasteiger partial charge >= 0.3 is 12.0 Å². The summed E-state index contributed by atoms with van der Waals surface area (Å²) in [5.41, 5.74) is 1.83. The van der Waals surface area contributed by atoms with E-state index in [0.717, 1.165) is 36.3 Å². The Balaban J connectivity index is 2.10. The number of likely N-dealkylation sites (tertiary alicyclic amines) is 1. The van der Waals surface area contributed by atoms with Crippen LogP contribution in [0.5, 0.6) is 0 Å². The summed E-state index contributed by atoms with van der Waals surface area (Å²) in [6.45, 7) is 8.22. The van der Waals surface area contributed by atoms with E-state index in [9.17, 15) is 9.59 Å². The molecule has 7 heteroatoms. The number of carbonyl (C=O) groups is 2. The monoisotopic (exact) mass is 323 g/mol. The van der Waals surface area contributed by atoms with Crippen molar-refractivity contribution in [3.63, 3.8) is 0 Å². The molecule has 7 nitrogen and oxygen atoms in total. The second-order valence-corrected chi connectivity index (χ2v) is 5.73. The molecule has 23 heavy (non-hydrogen) atoms. The Kier molecular flexibility index (Phi) is 5.63. The number of ether oxygens (including phenoxy) is 1. The summed E-state index contributed by atoms with van der Waals surface area (Å²) in [5.74, 6) is 0.401. The Morgan fingerprint density at radius 3 is 2.87 bits per heavy atom. The number of aromatic nitrogens is 1. The molecule has 1 aromatic rings. The van der Waals surface area contributed by atoms with Crippen LogP contribution in [0.2, 0.25) is 0 Å². The fourth-order valence-corrected chi connectivity index (χ4v) is 3.01. The molecule has 1 fully saturated rings. The van der Waals surface area contributed by atoms with Crippen molar-refractivity contribution in [1.29, 1.82) is 0 Å². The Hall–Kier alpha value is -2.05. The molecule has 1 N–H and O–H groups in total. The summed E-state index contributed by atoms with van der Waals surface area (Å²) < 4.78 is 10.3. The van der Waals surface area contributed by atoms with E-state index in [-0.39, 0.29) is 12.1 Å². The van der Waals surface area contributed by atoms with E-state index in [0.29, 0.717) is 13.2 Å². The van der Waals surface area contributed by atoms with Gasteiger partial charge in [0, 0.05) is 18.5 Å². The molecular weight excluding hydrogens is 298 g/mol. The van der Waals surface area contributed by atoms with Crippen molar-refractivity contribution >= 4 is 12.0 Å². The highest BCUT2D eigenvalue weighted by atomic mass is 16.5. The summed E-state index contributed by atoms with van der Waals surface area (Å²) >= 11 is 0. The molecule has 0 unspecified atom stereocenters. The third kappa shape index (κ3) is 3.65. The smallest absolute Gasteiger partial charge is 0.328 e. The first kappa shape index (κ1) is 17.3. The highest BCUT2D eigenvalue weighted by molar-refractivity contribution is 5.83. The predicted octanol–water partition coefficient (Wildman–Crippen LogP) is 2.34. The number of hydrogen-bond acceptors (Lipinski definition) is 5. The van der Waals surface area contributed by atoms with Gasteiger partial charge in [-0.25, -0.2) is 9.59 Å². The number of amides is 2. The first-order chi connectivity index (χ1) is 11.0. The van der Waals surface area contributed by atoms with Crippen LogP contribution in [0.15, 0.2) is 4.52 Å². The topological polar surface area (TPSA) is 84.7 Å². The molecule has 2 amide bonds. The lowest BCUT2D eigenvalue weighted by Crippen LogP contribution is -2.47. The van der Waals surface area contributed by atoms with Gasteiger partial charge in [-0.05, 0) is 33.6 Å². The minimum Gasteiger partial charge on any atom is -0.464 e. The Labute approximate surface area is 136 Å². The van der Waals surface area contributed by atoms with Crippen molar-refractivity contribution in [2.75, 3.05) is 13.2 Å². The van der Waals surface area contributed by atoms with Crippen LogP contribution in [0.4, 0.5) is 4.79 Å². The molecule has 0 aliphatic carbocycles. The van der Waals surface area contributed by atoms with Crippen LogP contribution in [0, 0.1) is 6.92 Å². The minimum atomic E-state index is -0.669. The van der Waals surface area contributed by atoms with Crippen LogP contribution in [0.1, 0.15) is 56.7 Å². The van der Waals surface area contributed by atoms with Gasteiger partial charge in [-0.2, -0.15) is 0 Å². The average molecular weight is 323 g/mol. The molecule has 0 radical (unpaired) electrons. The number of aryl methyl sites for hydroxylation is 2. The van der Waals surface area contributed by atoms with E-state index in [2.05, 4.69) is 10.5 Å². The maximum Gasteiger partial charge on any atom is 0.328 e. The van der Waals surface area contributed by atoms with E-state index in [1.807, 2.05) is 13.8 Å². The maximum atomic E-state index is 12.5. The van der Waals surface area contributed by atoms with E-state index in [1.165, 1.54) is 0 Å². The highest BCUT2D eigenvalue weighted by Crippen LogP contribution is 2.35. The van der Waals surface area contributed by atoms with Gasteiger partial charge in [-0.15, -0.1) is 0 Å². The number of nitrogens with one attached hydrogen (secondary N) is 1. The van der Waals surface area contributed by atoms with Gasteiger partial charge in [0.2, 0.25) is 0 Å². The second-order valence-electron chi connectivity index (χ2n) is 5.73. The fourth-order valence-electron chi connectivity index (χ4n) is 3.01. The Morgan fingerprint density at radius 2 is 2.22 bits per heavy atom. The minimum absolute atomic E-state index is 0.0504. The standard InChI is InChI=1S/C16H25N3O4/c1-5-13-14(10(3)18-23-13)12-8-7-9-19(12)16(21)17-11(4)15(20)22-6-2/h11-12H,5-9H2,1-4H3,(H,17,21)/t11-,12+/m1/s1. The first-order valence-electron chi connectivity index (χ1n) is 8.18. The summed E-state index contributed by atoms with van der Waals surface area (Å²) in [6.07, 6.45) is 2.53. The van der Waals surface area contributed by atoms with Gasteiger partial charge in [0.25, 0.3) is 0 Å². The van der Waals surface area contributed by atoms with Crippen molar-refractivity contribution < 1.29 is 18.8 Å². The lowest BCUT2D eigenvalue weighted by molar-refractivity contribution is -0.144. The molecular formula is C16H25N3O4. The third-order valence-corrected chi connectivity index (χ3v) is 4.13. The number of hydrogen-bond donors (Lipinski definition) is 1. The van der Waals surface area contributed by atoms with E-state index < -0.39 is 12.0 Å². The summed E-state index contributed by atoms with van der Waals surface area (Å²) in [7, 11) is 0. The number of urea groups is 1. The average Bonchev–Trinajstić information content (AvgIpc) is 3.12. The number of carbonyl (C=O) groups excluding carboxylic acids is 2. The van der Waals surface area contributed by atoms with Gasteiger partial charge in [0.15, 0.2) is 0 Å². The molecule has 0 saturated carbocycles. The van der Waals surface area contributed by atoms with Crippen molar-refractivity contribution in [3.8, 4) is 0 Å². The highest BCUT2D eigenvalue weighted by Gasteiger charge is 2.35. The van der Waals surface area contributed by atoms with Crippen molar-refractivity contribution in [3.05, 3.63) is 17.0 Å². The zero-order valence-corrected chi connectivity index (χ0v) is 14.2. The third-order valence-electron chi connectivity index (χ3n) is 4.13. The molecule has 1 aliphatic heterocycles. The summed E-state index contributed by atoms with van der Waals surface area (Å²) in [5, 5.41) is 6.75. The first-order valence-corrected chi connectivity index (χ1v) is 8.18. The zero-order valence-electron chi connectivity index (χ0n) is 14.2. The zero-order chi connectivity index (χ0) is 17.0. The lowest BCUT2D eigenvalue weighted by atomic mass is 10.0. The Bertz CT molecular complexity index is 570. The van der Waals surface area contributed by atoms with Gasteiger partial charge in [-0.1, -0.05) is 12.1 Å². The SMILES string of the molecule is CCOC(=O)[C@@H](C)NC(=O)N1CCC[C@H]1c1c(C)noc1CC. The van der Waals surface area contributed by atoms with Crippen LogP contribution in [0.3, 0.4) is 0 Å². The van der Waals surface area contributed by atoms with Crippen LogP contribution < -0.4 is 5.32 Å². The molecule has 0 spiro atoms. The van der Waals surface area contributed by atoms with Crippen LogP contribution >= 0.6 is 0 Å². The largest absolute Gasteiger partial charge is 0.464 e. The molecule has 1 saturated heterocycles. The van der Waals surface area contributed by atoms with Gasteiger partial charge in [0.05, 0.1) is 18.3 Å². The number of rotatable bonds is 5. The van der Waals surface area contributed by atoms with Crippen molar-refractivity contribution in [1.82, 2.24) is 15.4 Å². The second kappa shape index (κ2) is 7.48. The van der Waals surface area contributed by atoms with Crippen molar-refractivity contribution in [2.45, 2.75) is 59.0 Å². The molecule has 1 aliphatic rings. The molecule has 2 heterocycles. The lowest BCUT2D eigenvalue weighted by Gasteiger charge is -2.26. The van der Waals surface area contributed by atoms with Crippen LogP contribution in [0.25, 0.3) is 0 Å². The summed E-state index contributed by atoms with van der Waals surface area (Å²) in [6, 6.07) is -0.973. The predicted molar refractivity (Wildman–Crippen MR) is 83.9 cm³/mol. The van der Waals surface area contributed by atoms with Gasteiger partial charge < -0.3 is 19.5 Å². The van der Waals surface area contributed by atoms with Gasteiger partial charge in [0.1, 0.15) is 11.8 Å². The van der Waals surface area contributed by atoms with E-state index >= 15 is 0 Å². The molecule has 0 bridgehead atoms. The van der Waals surface area contributed by atoms with E-state index in [1.54, 1.807) is 18.7 Å². The molecule has 128 valence electrons. The maximum absolute atomic E-state index is 12.5. The number of esters is 1. The Morgan fingerprint density at radius 1 is 1.48 bits per heavy atom. The van der Waals surface area contributed by atoms with Crippen LogP contribution in [-0.4, -0.2) is 41.3 Å². The van der Waals surface area contributed by atoms with Crippen molar-refractivity contribution in [2.24, 2.45) is 0 Å². The van der Waals surface area contributed by atoms with Crippen LogP contribution in [-0.2, 0) is 16.0 Å². The molecule has 0 aromatic carbocycles. The van der Waals surface area contributed by atoms with E-state index in [4.69, 9.17) is 9.26 Å². The summed E-state index contributed by atoms with van der Waals surface area (Å²) in [4.78, 5) is 26.0.